The molecule has 0 bridgehead atoms. The molecule has 1 atom stereocenters. The maximum atomic E-state index is 12.3. The molecule has 0 amide bonds. The number of hydrogen-bond acceptors (Lipinski definition) is 2. The van der Waals surface area contributed by atoms with Gasteiger partial charge in [0.1, 0.15) is 5.75 Å². The summed E-state index contributed by atoms with van der Waals surface area (Å²) >= 11 is 0. The van der Waals surface area contributed by atoms with Crippen LogP contribution in [0, 0.1) is 0 Å². The minimum Gasteiger partial charge on any atom is -0.406 e. The van der Waals surface area contributed by atoms with Crippen molar-refractivity contribution in [2.75, 3.05) is 0 Å². The van der Waals surface area contributed by atoms with Crippen molar-refractivity contribution in [1.29, 1.82) is 0 Å². The van der Waals surface area contributed by atoms with Crippen molar-refractivity contribution in [2.24, 2.45) is 5.73 Å². The molecule has 0 fully saturated rings. The fraction of sp³-hybridized carbons (Fsp3) is 0.600. The molecule has 1 aromatic carbocycles. The van der Waals surface area contributed by atoms with Gasteiger partial charge in [-0.25, -0.2) is 0 Å². The molecule has 5 heteroatoms. The van der Waals surface area contributed by atoms with Gasteiger partial charge < -0.3 is 10.5 Å². The molecule has 0 aliphatic heterocycles. The number of nitrogens with two attached hydrogens (primary N) is 1. The molecule has 114 valence electrons. The second-order valence-electron chi connectivity index (χ2n) is 5.48. The van der Waals surface area contributed by atoms with Gasteiger partial charge in [0.2, 0.25) is 0 Å². The van der Waals surface area contributed by atoms with E-state index in [1.54, 1.807) is 0 Å². The summed E-state index contributed by atoms with van der Waals surface area (Å²) < 4.78 is 41.0. The number of hydrogen-bond donors (Lipinski definition) is 1. The Labute approximate surface area is 118 Å². The van der Waals surface area contributed by atoms with Crippen LogP contribution < -0.4 is 10.5 Å². The Hall–Kier alpha value is -1.23. The molecular weight excluding hydrogens is 267 g/mol. The first-order valence-corrected chi connectivity index (χ1v) is 6.82. The summed E-state index contributed by atoms with van der Waals surface area (Å²) in [4.78, 5) is 0. The van der Waals surface area contributed by atoms with Crippen molar-refractivity contribution in [3.8, 4) is 5.75 Å². The minimum absolute atomic E-state index is 0.106. The SMILES string of the molecule is CC(C)c1cc(CCC[C@@H](C)N)cc(OC(F)(F)F)c1. The molecule has 0 unspecified atom stereocenters. The number of aryl methyl sites for hydroxylation is 1. The van der Waals surface area contributed by atoms with E-state index in [0.29, 0.717) is 6.42 Å². The predicted octanol–water partition coefficient (Wildman–Crippen LogP) is 4.38. The number of rotatable bonds is 6. The summed E-state index contributed by atoms with van der Waals surface area (Å²) in [5.41, 5.74) is 7.38. The van der Waals surface area contributed by atoms with E-state index in [-0.39, 0.29) is 17.7 Å². The Kier molecular flexibility index (Phi) is 5.87. The quantitative estimate of drug-likeness (QED) is 0.843. The van der Waals surface area contributed by atoms with E-state index in [1.807, 2.05) is 26.8 Å². The van der Waals surface area contributed by atoms with Gasteiger partial charge in [-0.15, -0.1) is 13.2 Å². The largest absolute Gasteiger partial charge is 0.573 e. The van der Waals surface area contributed by atoms with Crippen LogP contribution >= 0.6 is 0 Å². The lowest BCUT2D eigenvalue weighted by atomic mass is 9.97. The molecule has 2 nitrogen and oxygen atoms in total. The summed E-state index contributed by atoms with van der Waals surface area (Å²) in [6, 6.07) is 4.96. The van der Waals surface area contributed by atoms with Gasteiger partial charge in [-0.1, -0.05) is 19.9 Å². The Balaban J connectivity index is 2.87. The summed E-state index contributed by atoms with van der Waals surface area (Å²) in [6.45, 7) is 5.81. The molecule has 20 heavy (non-hydrogen) atoms. The number of halogens is 3. The third-order valence-corrected chi connectivity index (χ3v) is 3.01. The monoisotopic (exact) mass is 289 g/mol. The molecule has 0 aromatic heterocycles. The van der Waals surface area contributed by atoms with Gasteiger partial charge in [0.25, 0.3) is 0 Å². The first-order valence-electron chi connectivity index (χ1n) is 6.82. The van der Waals surface area contributed by atoms with Gasteiger partial charge >= 0.3 is 6.36 Å². The van der Waals surface area contributed by atoms with Gasteiger partial charge in [-0.3, -0.25) is 0 Å². The normalized spacial score (nSPS) is 13.6. The van der Waals surface area contributed by atoms with E-state index in [9.17, 15) is 13.2 Å². The van der Waals surface area contributed by atoms with Crippen LogP contribution in [0.25, 0.3) is 0 Å². The van der Waals surface area contributed by atoms with E-state index in [2.05, 4.69) is 4.74 Å². The van der Waals surface area contributed by atoms with Crippen molar-refractivity contribution in [3.05, 3.63) is 29.3 Å². The lowest BCUT2D eigenvalue weighted by Gasteiger charge is -2.14. The molecule has 0 spiro atoms. The Morgan fingerprint density at radius 1 is 1.15 bits per heavy atom. The Bertz CT molecular complexity index is 428. The molecule has 0 aliphatic rings. The Morgan fingerprint density at radius 2 is 1.80 bits per heavy atom. The molecule has 1 aromatic rings. The van der Waals surface area contributed by atoms with Crippen molar-refractivity contribution in [2.45, 2.75) is 58.4 Å². The van der Waals surface area contributed by atoms with Crippen LogP contribution in [0.1, 0.15) is 50.7 Å². The highest BCUT2D eigenvalue weighted by Crippen LogP contribution is 2.28. The van der Waals surface area contributed by atoms with E-state index >= 15 is 0 Å². The van der Waals surface area contributed by atoms with Crippen molar-refractivity contribution in [3.63, 3.8) is 0 Å². The minimum atomic E-state index is -4.65. The highest BCUT2D eigenvalue weighted by Gasteiger charge is 2.31. The molecule has 0 saturated carbocycles. The summed E-state index contributed by atoms with van der Waals surface area (Å²) in [5.74, 6) is 0.0125. The zero-order chi connectivity index (χ0) is 15.3. The van der Waals surface area contributed by atoms with E-state index in [1.165, 1.54) is 12.1 Å². The van der Waals surface area contributed by atoms with Gasteiger partial charge in [0.05, 0.1) is 0 Å². The number of ether oxygens (including phenoxy) is 1. The van der Waals surface area contributed by atoms with Crippen LogP contribution in [0.15, 0.2) is 18.2 Å². The topological polar surface area (TPSA) is 35.2 Å². The zero-order valence-electron chi connectivity index (χ0n) is 12.1. The van der Waals surface area contributed by atoms with E-state index in [0.717, 1.165) is 24.0 Å². The first kappa shape index (κ1) is 16.8. The number of alkyl halides is 3. The van der Waals surface area contributed by atoms with Crippen molar-refractivity contribution in [1.82, 2.24) is 0 Å². The third-order valence-electron chi connectivity index (χ3n) is 3.01. The lowest BCUT2D eigenvalue weighted by Crippen LogP contribution is -2.17. The smallest absolute Gasteiger partial charge is 0.406 e. The highest BCUT2D eigenvalue weighted by molar-refractivity contribution is 5.36. The average molecular weight is 289 g/mol. The molecule has 2 N–H and O–H groups in total. The fourth-order valence-corrected chi connectivity index (χ4v) is 1.98. The van der Waals surface area contributed by atoms with Gasteiger partial charge in [-0.2, -0.15) is 0 Å². The zero-order valence-corrected chi connectivity index (χ0v) is 12.1. The standard InChI is InChI=1S/C15H22F3NO/c1-10(2)13-7-12(6-4-5-11(3)19)8-14(9-13)20-15(16,17)18/h7-11H,4-6,19H2,1-3H3/t11-/m1/s1. The van der Waals surface area contributed by atoms with Crippen LogP contribution in [-0.4, -0.2) is 12.4 Å². The van der Waals surface area contributed by atoms with Crippen LogP contribution in [0.4, 0.5) is 13.2 Å². The van der Waals surface area contributed by atoms with Crippen molar-refractivity contribution >= 4 is 0 Å². The molecule has 0 heterocycles. The highest BCUT2D eigenvalue weighted by atomic mass is 19.4. The van der Waals surface area contributed by atoms with Crippen LogP contribution in [0.5, 0.6) is 5.75 Å². The first-order chi connectivity index (χ1) is 9.17. The fourth-order valence-electron chi connectivity index (χ4n) is 1.98. The molecular formula is C15H22F3NO. The maximum Gasteiger partial charge on any atom is 0.573 e. The predicted molar refractivity (Wildman–Crippen MR) is 73.8 cm³/mol. The molecule has 0 radical (unpaired) electrons. The summed E-state index contributed by atoms with van der Waals surface area (Å²) in [6.07, 6.45) is -2.25. The number of benzene rings is 1. The van der Waals surface area contributed by atoms with Crippen LogP contribution in [-0.2, 0) is 6.42 Å². The average Bonchev–Trinajstić information content (AvgIpc) is 2.25. The maximum absolute atomic E-state index is 12.3. The van der Waals surface area contributed by atoms with Crippen LogP contribution in [0.3, 0.4) is 0 Å². The molecule has 0 saturated heterocycles. The second kappa shape index (κ2) is 6.97. The van der Waals surface area contributed by atoms with Gasteiger partial charge in [0.15, 0.2) is 0 Å². The second-order valence-corrected chi connectivity index (χ2v) is 5.48. The third kappa shape index (κ3) is 6.28. The van der Waals surface area contributed by atoms with Gasteiger partial charge in [0, 0.05) is 6.04 Å². The summed E-state index contributed by atoms with van der Waals surface area (Å²) in [7, 11) is 0. The van der Waals surface area contributed by atoms with Gasteiger partial charge in [-0.05, 0) is 55.4 Å². The van der Waals surface area contributed by atoms with Crippen LogP contribution in [0.2, 0.25) is 0 Å². The van der Waals surface area contributed by atoms with E-state index < -0.39 is 6.36 Å². The lowest BCUT2D eigenvalue weighted by molar-refractivity contribution is -0.274. The molecule has 1 rings (SSSR count). The summed E-state index contributed by atoms with van der Waals surface area (Å²) in [5, 5.41) is 0. The van der Waals surface area contributed by atoms with Crippen molar-refractivity contribution < 1.29 is 17.9 Å². The van der Waals surface area contributed by atoms with E-state index in [4.69, 9.17) is 5.73 Å². The Morgan fingerprint density at radius 3 is 2.30 bits per heavy atom. The molecule has 0 aliphatic carbocycles.